The minimum absolute atomic E-state index is 0. The van der Waals surface area contributed by atoms with Crippen LogP contribution in [0.5, 0.6) is 0 Å². The first-order valence-electron chi connectivity index (χ1n) is 13.7. The second-order valence-electron chi connectivity index (χ2n) is 9.85. The van der Waals surface area contributed by atoms with E-state index in [-0.39, 0.29) is 23.6 Å². The lowest BCUT2D eigenvalue weighted by Gasteiger charge is -2.44. The molecule has 41 heavy (non-hydrogen) atoms. The van der Waals surface area contributed by atoms with Crippen molar-refractivity contribution in [3.8, 4) is 0 Å². The van der Waals surface area contributed by atoms with E-state index < -0.39 is 30.7 Å². The monoisotopic (exact) mass is 620 g/mol. The Kier molecular flexibility index (Phi) is 12.5. The fraction of sp³-hybridized carbons (Fsp3) is 0.294. The average Bonchev–Trinajstić information content (AvgIpc) is 3.01. The largest absolute Gasteiger partial charge is 0.374 e. The number of halogens is 1. The smallest absolute Gasteiger partial charge is 0.184 e. The van der Waals surface area contributed by atoms with Crippen molar-refractivity contribution in [2.45, 2.75) is 57.1 Å². The van der Waals surface area contributed by atoms with E-state index in [4.69, 9.17) is 23.7 Å². The van der Waals surface area contributed by atoms with Crippen LogP contribution in [-0.4, -0.2) is 42.4 Å². The Labute approximate surface area is 252 Å². The highest BCUT2D eigenvalue weighted by atomic mass is 79.9. The molecule has 1 fully saturated rings. The molecule has 4 aromatic carbocycles. The molecule has 4 aromatic rings. The van der Waals surface area contributed by atoms with Crippen LogP contribution in [0.3, 0.4) is 0 Å². The summed E-state index contributed by atoms with van der Waals surface area (Å²) in [7, 11) is 0. The maximum atomic E-state index is 11.2. The molecule has 5 atom stereocenters. The van der Waals surface area contributed by atoms with E-state index in [9.17, 15) is 5.11 Å². The van der Waals surface area contributed by atoms with Crippen molar-refractivity contribution in [3.63, 3.8) is 0 Å². The molecule has 1 N–H and O–H groups in total. The molecule has 0 spiro atoms. The van der Waals surface area contributed by atoms with Gasteiger partial charge in [-0.2, -0.15) is 0 Å². The highest BCUT2D eigenvalue weighted by molar-refractivity contribution is 8.93. The van der Waals surface area contributed by atoms with Crippen LogP contribution in [0, 0.1) is 0 Å². The normalized spacial score (nSPS) is 22.1. The Bertz CT molecular complexity index is 1250. The maximum absolute atomic E-state index is 11.2. The first kappa shape index (κ1) is 31.1. The third-order valence-corrected chi connectivity index (χ3v) is 6.86. The maximum Gasteiger partial charge on any atom is 0.184 e. The summed E-state index contributed by atoms with van der Waals surface area (Å²) in [6, 6.07) is 39.7. The van der Waals surface area contributed by atoms with Crippen molar-refractivity contribution in [1.82, 2.24) is 0 Å². The van der Waals surface area contributed by atoms with Gasteiger partial charge in [-0.05, 0) is 22.3 Å². The second kappa shape index (κ2) is 16.5. The van der Waals surface area contributed by atoms with E-state index in [1.807, 2.05) is 121 Å². The van der Waals surface area contributed by atoms with Crippen molar-refractivity contribution < 1.29 is 28.8 Å². The van der Waals surface area contributed by atoms with Crippen molar-refractivity contribution >= 4 is 17.0 Å². The third kappa shape index (κ3) is 9.31. The predicted molar refractivity (Wildman–Crippen MR) is 162 cm³/mol. The van der Waals surface area contributed by atoms with Gasteiger partial charge < -0.3 is 28.8 Å². The Morgan fingerprint density at radius 2 is 0.854 bits per heavy atom. The molecule has 0 radical (unpaired) electrons. The van der Waals surface area contributed by atoms with E-state index in [0.717, 1.165) is 22.3 Å². The van der Waals surface area contributed by atoms with Crippen LogP contribution in [-0.2, 0) is 50.1 Å². The summed E-state index contributed by atoms with van der Waals surface area (Å²) in [4.78, 5) is 0. The minimum atomic E-state index is -1.22. The van der Waals surface area contributed by atoms with Gasteiger partial charge in [0, 0.05) is 0 Å². The molecule has 1 aliphatic heterocycles. The number of hydrogen-bond acceptors (Lipinski definition) is 6. The third-order valence-electron chi connectivity index (χ3n) is 6.86. The van der Waals surface area contributed by atoms with Crippen molar-refractivity contribution in [2.24, 2.45) is 0 Å². The topological polar surface area (TPSA) is 66.4 Å². The summed E-state index contributed by atoms with van der Waals surface area (Å²) >= 11 is 0. The fourth-order valence-electron chi connectivity index (χ4n) is 4.77. The number of rotatable bonds is 13. The van der Waals surface area contributed by atoms with E-state index in [2.05, 4.69) is 0 Å². The molecular formula is C34H37BrO6. The summed E-state index contributed by atoms with van der Waals surface area (Å²) in [5.41, 5.74) is 4.10. The molecule has 216 valence electrons. The average molecular weight is 622 g/mol. The quantitative estimate of drug-likeness (QED) is 0.190. The van der Waals surface area contributed by atoms with Gasteiger partial charge in [-0.3, -0.25) is 0 Å². The molecule has 5 rings (SSSR count). The van der Waals surface area contributed by atoms with Crippen LogP contribution < -0.4 is 0 Å². The van der Waals surface area contributed by atoms with Crippen LogP contribution in [0.15, 0.2) is 121 Å². The summed E-state index contributed by atoms with van der Waals surface area (Å²) in [6.45, 7) is 1.65. The summed E-state index contributed by atoms with van der Waals surface area (Å²) in [5, 5.41) is 11.2. The summed E-state index contributed by atoms with van der Waals surface area (Å²) in [6.07, 6.45) is -3.72. The van der Waals surface area contributed by atoms with Gasteiger partial charge in [0.25, 0.3) is 0 Å². The van der Waals surface area contributed by atoms with Crippen molar-refractivity contribution in [1.29, 1.82) is 0 Å². The number of ether oxygens (including phenoxy) is 5. The van der Waals surface area contributed by atoms with Gasteiger partial charge in [0.15, 0.2) is 6.29 Å². The van der Waals surface area contributed by atoms with Gasteiger partial charge >= 0.3 is 0 Å². The molecule has 1 saturated heterocycles. The number of aliphatic hydroxyl groups is 1. The molecule has 6 nitrogen and oxygen atoms in total. The van der Waals surface area contributed by atoms with Crippen LogP contribution in [0.4, 0.5) is 0 Å². The van der Waals surface area contributed by atoms with Crippen molar-refractivity contribution in [2.75, 3.05) is 6.61 Å². The molecular weight excluding hydrogens is 584 g/mol. The zero-order valence-electron chi connectivity index (χ0n) is 22.9. The Balaban J connectivity index is 0.00000387. The molecule has 1 heterocycles. The van der Waals surface area contributed by atoms with E-state index >= 15 is 0 Å². The number of benzene rings is 4. The van der Waals surface area contributed by atoms with Crippen LogP contribution in [0.1, 0.15) is 22.3 Å². The lowest BCUT2D eigenvalue weighted by atomic mass is 9.98. The molecule has 0 aromatic heterocycles. The molecule has 7 heteroatoms. The number of aliphatic hydroxyl groups excluding tert-OH is 1. The van der Waals surface area contributed by atoms with E-state index in [1.54, 1.807) is 0 Å². The highest BCUT2D eigenvalue weighted by Gasteiger charge is 2.48. The van der Waals surface area contributed by atoms with Gasteiger partial charge in [-0.25, -0.2) is 0 Å². The second-order valence-corrected chi connectivity index (χ2v) is 9.85. The molecule has 0 bridgehead atoms. The molecule has 0 aliphatic carbocycles. The molecule has 0 unspecified atom stereocenters. The summed E-state index contributed by atoms with van der Waals surface area (Å²) in [5.74, 6) is 0. The van der Waals surface area contributed by atoms with E-state index in [1.165, 1.54) is 0 Å². The lowest BCUT2D eigenvalue weighted by Crippen LogP contribution is -2.61. The Morgan fingerprint density at radius 3 is 1.29 bits per heavy atom. The van der Waals surface area contributed by atoms with Gasteiger partial charge in [0.1, 0.15) is 24.4 Å². The van der Waals surface area contributed by atoms with Crippen LogP contribution in [0.25, 0.3) is 0 Å². The van der Waals surface area contributed by atoms with Crippen molar-refractivity contribution in [3.05, 3.63) is 144 Å². The Morgan fingerprint density at radius 1 is 0.488 bits per heavy atom. The molecule has 0 amide bonds. The first-order valence-corrected chi connectivity index (χ1v) is 13.7. The van der Waals surface area contributed by atoms with Gasteiger partial charge in [0.05, 0.1) is 33.0 Å². The van der Waals surface area contributed by atoms with Crippen LogP contribution in [0.2, 0.25) is 0 Å². The van der Waals surface area contributed by atoms with Gasteiger partial charge in [0.2, 0.25) is 0 Å². The van der Waals surface area contributed by atoms with Crippen LogP contribution >= 0.6 is 17.0 Å². The SMILES string of the molecule is Br.O[C@H]1O[C@H](COCc2ccccc2)[C@@H](OCc2ccccc2)[C@H](OCc2ccccc2)[C@H]1OCc1ccccc1. The number of hydrogen-bond donors (Lipinski definition) is 1. The molecule has 0 saturated carbocycles. The standard InChI is InChI=1S/C34H36O6.BrH/c35-34-33(39-24-29-19-11-4-12-20-29)32(38-23-28-17-9-3-10-18-28)31(37-22-27-15-7-2-8-16-27)30(40-34)25-36-21-26-13-5-1-6-14-26;/h1-20,30-35H,21-25H2;1H/t30-,31-,32+,33-,34+;/m1./s1. The molecule has 1 aliphatic rings. The first-order chi connectivity index (χ1) is 19.8. The zero-order valence-corrected chi connectivity index (χ0v) is 24.6. The zero-order chi connectivity index (χ0) is 27.4. The lowest BCUT2D eigenvalue weighted by molar-refractivity contribution is -0.317. The Hall–Kier alpha value is -2.88. The fourth-order valence-corrected chi connectivity index (χ4v) is 4.77. The highest BCUT2D eigenvalue weighted by Crippen LogP contribution is 2.30. The van der Waals surface area contributed by atoms with Gasteiger partial charge in [-0.15, -0.1) is 17.0 Å². The minimum Gasteiger partial charge on any atom is -0.374 e. The van der Waals surface area contributed by atoms with E-state index in [0.29, 0.717) is 26.4 Å². The van der Waals surface area contributed by atoms with Gasteiger partial charge in [-0.1, -0.05) is 121 Å². The predicted octanol–water partition coefficient (Wildman–Crippen LogP) is 6.25. The summed E-state index contributed by atoms with van der Waals surface area (Å²) < 4.78 is 31.4.